The predicted octanol–water partition coefficient (Wildman–Crippen LogP) is 3.64. The molecule has 0 spiro atoms. The SMILES string of the molecule is Cc1cccc(OCCNC(=O)COc2ccc(Br)cc2)c1C. The second-order valence-electron chi connectivity index (χ2n) is 5.14. The molecule has 0 aliphatic carbocycles. The molecule has 0 aliphatic heterocycles. The molecule has 0 bridgehead atoms. The van der Waals surface area contributed by atoms with Gasteiger partial charge in [-0.25, -0.2) is 0 Å². The second-order valence-corrected chi connectivity index (χ2v) is 6.05. The summed E-state index contributed by atoms with van der Waals surface area (Å²) >= 11 is 3.35. The van der Waals surface area contributed by atoms with Crippen molar-refractivity contribution < 1.29 is 14.3 Å². The lowest BCUT2D eigenvalue weighted by atomic mass is 10.1. The van der Waals surface area contributed by atoms with Gasteiger partial charge < -0.3 is 14.8 Å². The van der Waals surface area contributed by atoms with Crippen LogP contribution in [0.3, 0.4) is 0 Å². The van der Waals surface area contributed by atoms with E-state index in [1.165, 1.54) is 5.56 Å². The van der Waals surface area contributed by atoms with Crippen LogP contribution in [0.4, 0.5) is 0 Å². The molecule has 2 rings (SSSR count). The van der Waals surface area contributed by atoms with Crippen molar-refractivity contribution in [3.05, 3.63) is 58.1 Å². The van der Waals surface area contributed by atoms with Crippen molar-refractivity contribution in [2.24, 2.45) is 0 Å². The van der Waals surface area contributed by atoms with E-state index in [4.69, 9.17) is 9.47 Å². The van der Waals surface area contributed by atoms with Gasteiger partial charge in [0.15, 0.2) is 6.61 Å². The van der Waals surface area contributed by atoms with E-state index >= 15 is 0 Å². The van der Waals surface area contributed by atoms with Crippen molar-refractivity contribution in [2.45, 2.75) is 13.8 Å². The molecule has 5 heteroatoms. The zero-order chi connectivity index (χ0) is 16.7. The smallest absolute Gasteiger partial charge is 0.258 e. The summed E-state index contributed by atoms with van der Waals surface area (Å²) in [4.78, 5) is 11.7. The number of rotatable bonds is 7. The van der Waals surface area contributed by atoms with E-state index < -0.39 is 0 Å². The molecule has 1 amide bonds. The number of carbonyl (C=O) groups is 1. The number of amides is 1. The van der Waals surface area contributed by atoms with Gasteiger partial charge in [-0.15, -0.1) is 0 Å². The van der Waals surface area contributed by atoms with Crippen LogP contribution in [0.5, 0.6) is 11.5 Å². The minimum absolute atomic E-state index is 0.00882. The lowest BCUT2D eigenvalue weighted by Gasteiger charge is -2.11. The summed E-state index contributed by atoms with van der Waals surface area (Å²) in [6.45, 7) is 4.92. The fourth-order valence-corrected chi connectivity index (χ4v) is 2.23. The Hall–Kier alpha value is -2.01. The van der Waals surface area contributed by atoms with Gasteiger partial charge in [0.2, 0.25) is 0 Å². The molecular weight excluding hydrogens is 358 g/mol. The molecule has 0 saturated heterocycles. The fraction of sp³-hybridized carbons (Fsp3) is 0.278. The maximum absolute atomic E-state index is 11.7. The molecule has 0 atom stereocenters. The quantitative estimate of drug-likeness (QED) is 0.749. The van der Waals surface area contributed by atoms with Gasteiger partial charge in [0.1, 0.15) is 18.1 Å². The molecule has 4 nitrogen and oxygen atoms in total. The molecule has 1 N–H and O–H groups in total. The monoisotopic (exact) mass is 377 g/mol. The van der Waals surface area contributed by atoms with Crippen LogP contribution in [-0.2, 0) is 4.79 Å². The zero-order valence-corrected chi connectivity index (χ0v) is 14.9. The fourth-order valence-electron chi connectivity index (χ4n) is 1.96. The minimum Gasteiger partial charge on any atom is -0.491 e. The highest BCUT2D eigenvalue weighted by atomic mass is 79.9. The zero-order valence-electron chi connectivity index (χ0n) is 13.3. The summed E-state index contributed by atoms with van der Waals surface area (Å²) in [6.07, 6.45) is 0. The Balaban J connectivity index is 1.67. The first kappa shape index (κ1) is 17.3. The Morgan fingerprint density at radius 1 is 1.09 bits per heavy atom. The summed E-state index contributed by atoms with van der Waals surface area (Å²) in [5, 5.41) is 2.77. The van der Waals surface area contributed by atoms with Crippen LogP contribution in [0, 0.1) is 13.8 Å². The summed E-state index contributed by atoms with van der Waals surface area (Å²) < 4.78 is 12.1. The van der Waals surface area contributed by atoms with Crippen molar-refractivity contribution in [1.82, 2.24) is 5.32 Å². The molecule has 0 heterocycles. The highest BCUT2D eigenvalue weighted by Crippen LogP contribution is 2.20. The van der Waals surface area contributed by atoms with E-state index in [1.807, 2.05) is 44.2 Å². The largest absolute Gasteiger partial charge is 0.491 e. The molecule has 0 fully saturated rings. The molecule has 23 heavy (non-hydrogen) atoms. The van der Waals surface area contributed by atoms with Crippen molar-refractivity contribution in [3.8, 4) is 11.5 Å². The number of hydrogen-bond donors (Lipinski definition) is 1. The minimum atomic E-state index is -0.169. The third-order valence-electron chi connectivity index (χ3n) is 3.42. The van der Waals surface area contributed by atoms with Crippen LogP contribution in [0.25, 0.3) is 0 Å². The topological polar surface area (TPSA) is 47.6 Å². The molecule has 2 aromatic rings. The first-order chi connectivity index (χ1) is 11.1. The van der Waals surface area contributed by atoms with E-state index in [0.29, 0.717) is 18.9 Å². The summed E-state index contributed by atoms with van der Waals surface area (Å²) in [5.74, 6) is 1.35. The molecule has 0 aliphatic rings. The lowest BCUT2D eigenvalue weighted by Crippen LogP contribution is -2.32. The molecule has 2 aromatic carbocycles. The molecule has 0 radical (unpaired) electrons. The predicted molar refractivity (Wildman–Crippen MR) is 94.1 cm³/mol. The highest BCUT2D eigenvalue weighted by Gasteiger charge is 2.04. The van der Waals surface area contributed by atoms with Crippen LogP contribution in [-0.4, -0.2) is 25.7 Å². The lowest BCUT2D eigenvalue weighted by molar-refractivity contribution is -0.123. The first-order valence-corrected chi connectivity index (χ1v) is 8.19. The van der Waals surface area contributed by atoms with Crippen LogP contribution in [0.2, 0.25) is 0 Å². The second kappa shape index (κ2) is 8.58. The van der Waals surface area contributed by atoms with Gasteiger partial charge in [0.25, 0.3) is 5.91 Å². The maximum atomic E-state index is 11.7. The number of halogens is 1. The van der Waals surface area contributed by atoms with E-state index in [2.05, 4.69) is 21.2 Å². The Morgan fingerprint density at radius 3 is 2.57 bits per heavy atom. The third kappa shape index (κ3) is 5.60. The summed E-state index contributed by atoms with van der Waals surface area (Å²) in [5.41, 5.74) is 2.31. The number of aryl methyl sites for hydroxylation is 1. The van der Waals surface area contributed by atoms with Gasteiger partial charge in [0, 0.05) is 4.47 Å². The van der Waals surface area contributed by atoms with E-state index in [9.17, 15) is 4.79 Å². The van der Waals surface area contributed by atoms with E-state index in [-0.39, 0.29) is 12.5 Å². The average molecular weight is 378 g/mol. The first-order valence-electron chi connectivity index (χ1n) is 7.40. The van der Waals surface area contributed by atoms with Gasteiger partial charge in [-0.2, -0.15) is 0 Å². The maximum Gasteiger partial charge on any atom is 0.258 e. The Kier molecular flexibility index (Phi) is 6.47. The van der Waals surface area contributed by atoms with Gasteiger partial charge in [-0.3, -0.25) is 4.79 Å². The van der Waals surface area contributed by atoms with Crippen molar-refractivity contribution in [3.63, 3.8) is 0 Å². The molecule has 0 unspecified atom stereocenters. The summed E-state index contributed by atoms with van der Waals surface area (Å²) in [6, 6.07) is 13.3. The average Bonchev–Trinajstić information content (AvgIpc) is 2.55. The number of carbonyl (C=O) groups excluding carboxylic acids is 1. The standard InChI is InChI=1S/C18H20BrNO3/c1-13-4-3-5-17(14(13)2)22-11-10-20-18(21)12-23-16-8-6-15(19)7-9-16/h3-9H,10-12H2,1-2H3,(H,20,21). The number of ether oxygens (including phenoxy) is 2. The van der Waals surface area contributed by atoms with Gasteiger partial charge in [-0.1, -0.05) is 28.1 Å². The number of hydrogen-bond acceptors (Lipinski definition) is 3. The van der Waals surface area contributed by atoms with Crippen molar-refractivity contribution >= 4 is 21.8 Å². The van der Waals surface area contributed by atoms with E-state index in [0.717, 1.165) is 15.8 Å². The van der Waals surface area contributed by atoms with Gasteiger partial charge in [-0.05, 0) is 55.3 Å². The van der Waals surface area contributed by atoms with Crippen LogP contribution in [0.1, 0.15) is 11.1 Å². The number of nitrogens with one attached hydrogen (secondary N) is 1. The van der Waals surface area contributed by atoms with Crippen molar-refractivity contribution in [2.75, 3.05) is 19.8 Å². The highest BCUT2D eigenvalue weighted by molar-refractivity contribution is 9.10. The third-order valence-corrected chi connectivity index (χ3v) is 3.95. The molecule has 122 valence electrons. The molecule has 0 saturated carbocycles. The Bertz CT molecular complexity index is 656. The van der Waals surface area contributed by atoms with Crippen LogP contribution >= 0.6 is 15.9 Å². The van der Waals surface area contributed by atoms with E-state index in [1.54, 1.807) is 12.1 Å². The van der Waals surface area contributed by atoms with Gasteiger partial charge in [0.05, 0.1) is 6.54 Å². The van der Waals surface area contributed by atoms with Gasteiger partial charge >= 0.3 is 0 Å². The number of benzene rings is 2. The molecular formula is C18H20BrNO3. The summed E-state index contributed by atoms with van der Waals surface area (Å²) in [7, 11) is 0. The van der Waals surface area contributed by atoms with Crippen LogP contribution < -0.4 is 14.8 Å². The Morgan fingerprint density at radius 2 is 1.83 bits per heavy atom. The van der Waals surface area contributed by atoms with Crippen molar-refractivity contribution in [1.29, 1.82) is 0 Å². The Labute approximate surface area is 144 Å². The van der Waals surface area contributed by atoms with Crippen LogP contribution in [0.15, 0.2) is 46.9 Å². The normalized spacial score (nSPS) is 10.2. The molecule has 0 aromatic heterocycles.